The summed E-state index contributed by atoms with van der Waals surface area (Å²) in [5.41, 5.74) is 5.40. The highest BCUT2D eigenvalue weighted by Gasteiger charge is 2.22. The normalized spacial score (nSPS) is 22.1. The molecular formula is C10H20N2O2. The molecule has 2 atom stereocenters. The van der Waals surface area contributed by atoms with E-state index in [-0.39, 0.29) is 0 Å². The van der Waals surface area contributed by atoms with Crippen LogP contribution in [0.25, 0.3) is 0 Å². The number of nitrogens with one attached hydrogen (secondary N) is 1. The fourth-order valence-corrected chi connectivity index (χ4v) is 2.02. The number of aliphatic carboxylic acids is 1. The van der Waals surface area contributed by atoms with Gasteiger partial charge in [0.15, 0.2) is 0 Å². The van der Waals surface area contributed by atoms with Crippen LogP contribution in [0.4, 0.5) is 0 Å². The Balaban J connectivity index is 2.19. The van der Waals surface area contributed by atoms with Crippen molar-refractivity contribution in [3.05, 3.63) is 0 Å². The molecule has 0 saturated heterocycles. The van der Waals surface area contributed by atoms with Gasteiger partial charge in [-0.2, -0.15) is 0 Å². The van der Waals surface area contributed by atoms with Crippen LogP contribution >= 0.6 is 0 Å². The van der Waals surface area contributed by atoms with Gasteiger partial charge in [-0.15, -0.1) is 0 Å². The van der Waals surface area contributed by atoms with Crippen molar-refractivity contribution in [1.82, 2.24) is 5.32 Å². The SMILES string of the molecule is CC(NCC(N)C(=O)O)C1CCCC1. The number of carbonyl (C=O) groups is 1. The molecule has 0 bridgehead atoms. The Bertz CT molecular complexity index is 191. The predicted molar refractivity (Wildman–Crippen MR) is 55.0 cm³/mol. The maximum atomic E-state index is 10.5. The third-order valence-corrected chi connectivity index (χ3v) is 3.08. The standard InChI is InChI=1S/C10H20N2O2/c1-7(8-4-2-3-5-8)12-6-9(11)10(13)14/h7-9,12H,2-6,11H2,1H3,(H,13,14). The summed E-state index contributed by atoms with van der Waals surface area (Å²) in [5, 5.41) is 11.8. The first-order valence-corrected chi connectivity index (χ1v) is 5.33. The van der Waals surface area contributed by atoms with Gasteiger partial charge in [0.2, 0.25) is 0 Å². The smallest absolute Gasteiger partial charge is 0.321 e. The van der Waals surface area contributed by atoms with Crippen LogP contribution in [0.15, 0.2) is 0 Å². The first kappa shape index (κ1) is 11.5. The quantitative estimate of drug-likeness (QED) is 0.606. The summed E-state index contributed by atoms with van der Waals surface area (Å²) < 4.78 is 0. The molecule has 0 aliphatic heterocycles. The van der Waals surface area contributed by atoms with Gasteiger partial charge in [0, 0.05) is 12.6 Å². The van der Waals surface area contributed by atoms with Gasteiger partial charge in [0.25, 0.3) is 0 Å². The van der Waals surface area contributed by atoms with E-state index < -0.39 is 12.0 Å². The average molecular weight is 200 g/mol. The van der Waals surface area contributed by atoms with Crippen molar-refractivity contribution in [3.8, 4) is 0 Å². The largest absolute Gasteiger partial charge is 0.480 e. The second-order valence-corrected chi connectivity index (χ2v) is 4.19. The molecule has 0 amide bonds. The number of hydrogen-bond acceptors (Lipinski definition) is 3. The molecule has 14 heavy (non-hydrogen) atoms. The minimum atomic E-state index is -0.934. The van der Waals surface area contributed by atoms with Crippen LogP contribution in [0.5, 0.6) is 0 Å². The zero-order valence-electron chi connectivity index (χ0n) is 8.70. The highest BCUT2D eigenvalue weighted by Crippen LogP contribution is 2.27. The van der Waals surface area contributed by atoms with Gasteiger partial charge in [0.1, 0.15) is 6.04 Å². The molecule has 0 spiro atoms. The van der Waals surface area contributed by atoms with E-state index in [1.165, 1.54) is 25.7 Å². The lowest BCUT2D eigenvalue weighted by Crippen LogP contribution is -2.44. The summed E-state index contributed by atoms with van der Waals surface area (Å²) in [4.78, 5) is 10.5. The monoisotopic (exact) mass is 200 g/mol. The van der Waals surface area contributed by atoms with E-state index in [0.29, 0.717) is 18.5 Å². The maximum Gasteiger partial charge on any atom is 0.321 e. The lowest BCUT2D eigenvalue weighted by atomic mass is 10.00. The number of rotatable bonds is 5. The molecule has 0 aromatic rings. The Hall–Kier alpha value is -0.610. The van der Waals surface area contributed by atoms with Gasteiger partial charge in [0.05, 0.1) is 0 Å². The predicted octanol–water partition coefficient (Wildman–Crippen LogP) is 0.567. The maximum absolute atomic E-state index is 10.5. The van der Waals surface area contributed by atoms with E-state index >= 15 is 0 Å². The highest BCUT2D eigenvalue weighted by atomic mass is 16.4. The Morgan fingerprint density at radius 3 is 2.64 bits per heavy atom. The van der Waals surface area contributed by atoms with Crippen LogP contribution in [0, 0.1) is 5.92 Å². The Morgan fingerprint density at radius 1 is 1.57 bits per heavy atom. The molecule has 4 heteroatoms. The molecule has 4 N–H and O–H groups in total. The zero-order chi connectivity index (χ0) is 10.6. The zero-order valence-corrected chi connectivity index (χ0v) is 8.70. The first-order valence-electron chi connectivity index (χ1n) is 5.33. The van der Waals surface area contributed by atoms with Crippen molar-refractivity contribution in [1.29, 1.82) is 0 Å². The fourth-order valence-electron chi connectivity index (χ4n) is 2.02. The van der Waals surface area contributed by atoms with Crippen molar-refractivity contribution in [2.24, 2.45) is 11.7 Å². The van der Waals surface area contributed by atoms with Crippen molar-refractivity contribution in [2.45, 2.75) is 44.7 Å². The second kappa shape index (κ2) is 5.32. The molecule has 0 aromatic carbocycles. The summed E-state index contributed by atoms with van der Waals surface area (Å²) in [6.45, 7) is 2.48. The highest BCUT2D eigenvalue weighted by molar-refractivity contribution is 5.73. The molecular weight excluding hydrogens is 180 g/mol. The van der Waals surface area contributed by atoms with E-state index in [9.17, 15) is 4.79 Å². The summed E-state index contributed by atoms with van der Waals surface area (Å²) in [6.07, 6.45) is 5.14. The molecule has 2 unspecified atom stereocenters. The van der Waals surface area contributed by atoms with Gasteiger partial charge in [-0.1, -0.05) is 12.8 Å². The molecule has 1 fully saturated rings. The first-order chi connectivity index (χ1) is 6.61. The van der Waals surface area contributed by atoms with Gasteiger partial charge >= 0.3 is 5.97 Å². The Labute approximate surface area is 84.9 Å². The fraction of sp³-hybridized carbons (Fsp3) is 0.900. The third-order valence-electron chi connectivity index (χ3n) is 3.08. The molecule has 1 aliphatic carbocycles. The van der Waals surface area contributed by atoms with Gasteiger partial charge in [-0.3, -0.25) is 4.79 Å². The van der Waals surface area contributed by atoms with Crippen LogP contribution in [0.2, 0.25) is 0 Å². The molecule has 0 heterocycles. The van der Waals surface area contributed by atoms with Crippen LogP contribution in [0.1, 0.15) is 32.6 Å². The third kappa shape index (κ3) is 3.27. The number of carboxylic acid groups (broad SMARTS) is 1. The lowest BCUT2D eigenvalue weighted by Gasteiger charge is -2.21. The molecule has 1 rings (SSSR count). The number of carboxylic acids is 1. The molecule has 82 valence electrons. The van der Waals surface area contributed by atoms with Gasteiger partial charge < -0.3 is 16.2 Å². The van der Waals surface area contributed by atoms with E-state index in [1.54, 1.807) is 0 Å². The summed E-state index contributed by atoms with van der Waals surface area (Å²) >= 11 is 0. The van der Waals surface area contributed by atoms with Crippen molar-refractivity contribution in [2.75, 3.05) is 6.54 Å². The molecule has 0 radical (unpaired) electrons. The number of hydrogen-bond donors (Lipinski definition) is 3. The van der Waals surface area contributed by atoms with Crippen molar-refractivity contribution < 1.29 is 9.90 Å². The summed E-state index contributed by atoms with van der Waals surface area (Å²) in [5.74, 6) is -0.230. The summed E-state index contributed by atoms with van der Waals surface area (Å²) in [6, 6.07) is -0.387. The van der Waals surface area contributed by atoms with Crippen molar-refractivity contribution >= 4 is 5.97 Å². The number of nitrogens with two attached hydrogens (primary N) is 1. The average Bonchev–Trinajstić information content (AvgIpc) is 2.66. The second-order valence-electron chi connectivity index (χ2n) is 4.19. The lowest BCUT2D eigenvalue weighted by molar-refractivity contribution is -0.138. The Kier molecular flexibility index (Phi) is 4.35. The van der Waals surface area contributed by atoms with E-state index in [0.717, 1.165) is 0 Å². The van der Waals surface area contributed by atoms with Crippen LogP contribution in [-0.2, 0) is 4.79 Å². The molecule has 0 aromatic heterocycles. The molecule has 4 nitrogen and oxygen atoms in total. The molecule has 1 saturated carbocycles. The van der Waals surface area contributed by atoms with E-state index in [2.05, 4.69) is 12.2 Å². The van der Waals surface area contributed by atoms with Crippen molar-refractivity contribution in [3.63, 3.8) is 0 Å². The van der Waals surface area contributed by atoms with E-state index in [4.69, 9.17) is 10.8 Å². The summed E-state index contributed by atoms with van der Waals surface area (Å²) in [7, 11) is 0. The van der Waals surface area contributed by atoms with Crippen LogP contribution in [0.3, 0.4) is 0 Å². The van der Waals surface area contributed by atoms with E-state index in [1.807, 2.05) is 0 Å². The minimum Gasteiger partial charge on any atom is -0.480 e. The Morgan fingerprint density at radius 2 is 2.14 bits per heavy atom. The van der Waals surface area contributed by atoms with Gasteiger partial charge in [-0.25, -0.2) is 0 Å². The van der Waals surface area contributed by atoms with Gasteiger partial charge in [-0.05, 0) is 25.7 Å². The van der Waals surface area contributed by atoms with Crippen LogP contribution in [-0.4, -0.2) is 29.7 Å². The van der Waals surface area contributed by atoms with Crippen LogP contribution < -0.4 is 11.1 Å². The topological polar surface area (TPSA) is 75.3 Å². The molecule has 1 aliphatic rings. The minimum absolute atomic E-state index is 0.368.